The van der Waals surface area contributed by atoms with Crippen LogP contribution < -0.4 is 11.2 Å². The third-order valence-electron chi connectivity index (χ3n) is 1.65. The molecule has 1 rings (SSSR count). The van der Waals surface area contributed by atoms with Gasteiger partial charge < -0.3 is 10.1 Å². The van der Waals surface area contributed by atoms with Crippen molar-refractivity contribution < 1.29 is 9.90 Å². The van der Waals surface area contributed by atoms with Gasteiger partial charge in [-0.05, 0) is 6.92 Å². The van der Waals surface area contributed by atoms with Gasteiger partial charge >= 0.3 is 49.4 Å². The number of rotatable bonds is 4. The first-order chi connectivity index (χ1) is 6.99. The Morgan fingerprint density at radius 1 is 1.50 bits per heavy atom. The summed E-state index contributed by atoms with van der Waals surface area (Å²) in [5, 5.41) is 8.03. The van der Waals surface area contributed by atoms with Crippen molar-refractivity contribution in [2.45, 2.75) is 17.9 Å². The van der Waals surface area contributed by atoms with Crippen LogP contribution in [0, 0.1) is 0 Å². The zero-order valence-corrected chi connectivity index (χ0v) is 11.7. The van der Waals surface area contributed by atoms with E-state index >= 15 is 0 Å². The van der Waals surface area contributed by atoms with Gasteiger partial charge in [-0.15, -0.1) is 11.8 Å². The van der Waals surface area contributed by atoms with Gasteiger partial charge in [0, 0.05) is 17.5 Å². The van der Waals surface area contributed by atoms with Crippen LogP contribution in [0.4, 0.5) is 0 Å². The minimum Gasteiger partial charge on any atom is -0.480 e. The number of aromatic amines is 2. The Morgan fingerprint density at radius 3 is 2.62 bits per heavy atom. The molecule has 1 atom stereocenters. The van der Waals surface area contributed by atoms with E-state index in [4.69, 9.17) is 5.11 Å². The molecule has 0 saturated heterocycles. The average Bonchev–Trinajstić information content (AvgIpc) is 2.12. The van der Waals surface area contributed by atoms with Crippen LogP contribution in [-0.2, 0) is 10.5 Å². The van der Waals surface area contributed by atoms with Gasteiger partial charge in [0.1, 0.15) is 0 Å². The summed E-state index contributed by atoms with van der Waals surface area (Å²) in [5.41, 5.74) is -0.653. The summed E-state index contributed by atoms with van der Waals surface area (Å²) in [6.45, 7) is 1.54. The molecule has 0 aliphatic carbocycles. The number of aromatic nitrogens is 2. The minimum absolute atomic E-state index is 0. The van der Waals surface area contributed by atoms with E-state index in [1.54, 1.807) is 0 Å². The normalized spacial score (nSPS) is 11.6. The molecule has 0 spiro atoms. The van der Waals surface area contributed by atoms with Crippen molar-refractivity contribution in [3.8, 4) is 0 Å². The SMILES string of the molecule is CC(SCc1cc(=O)[nH]c(=O)[nH]1)C(=O)O.[Ca+2]. The van der Waals surface area contributed by atoms with Crippen LogP contribution in [0.5, 0.6) is 0 Å². The van der Waals surface area contributed by atoms with E-state index in [1.807, 2.05) is 4.98 Å². The minimum atomic E-state index is -0.924. The number of aliphatic carboxylic acids is 1. The molecule has 0 aliphatic heterocycles. The van der Waals surface area contributed by atoms with Crippen LogP contribution in [-0.4, -0.2) is 64.0 Å². The van der Waals surface area contributed by atoms with E-state index in [-0.39, 0.29) is 43.5 Å². The Balaban J connectivity index is 0.00000225. The van der Waals surface area contributed by atoms with Crippen LogP contribution in [0.3, 0.4) is 0 Å². The smallest absolute Gasteiger partial charge is 0.480 e. The molecule has 0 amide bonds. The largest absolute Gasteiger partial charge is 2.00 e. The summed E-state index contributed by atoms with van der Waals surface area (Å²) < 4.78 is 0. The quantitative estimate of drug-likeness (QED) is 0.633. The molecule has 16 heavy (non-hydrogen) atoms. The van der Waals surface area contributed by atoms with Gasteiger partial charge in [-0.3, -0.25) is 14.6 Å². The molecule has 0 aromatic carbocycles. The molecule has 0 saturated carbocycles. The molecule has 1 unspecified atom stereocenters. The van der Waals surface area contributed by atoms with Gasteiger partial charge in [0.15, 0.2) is 0 Å². The molecule has 0 radical (unpaired) electrons. The summed E-state index contributed by atoms with van der Waals surface area (Å²) in [7, 11) is 0. The predicted molar refractivity (Wildman–Crippen MR) is 61.8 cm³/mol. The molecule has 8 heteroatoms. The van der Waals surface area contributed by atoms with Crippen LogP contribution >= 0.6 is 11.8 Å². The van der Waals surface area contributed by atoms with E-state index in [2.05, 4.69) is 4.98 Å². The van der Waals surface area contributed by atoms with Gasteiger partial charge in [0.05, 0.1) is 5.25 Å². The van der Waals surface area contributed by atoms with Crippen molar-refractivity contribution in [3.63, 3.8) is 0 Å². The average molecular weight is 270 g/mol. The summed E-state index contributed by atoms with van der Waals surface area (Å²) >= 11 is 1.13. The summed E-state index contributed by atoms with van der Waals surface area (Å²) in [4.78, 5) is 36.7. The molecule has 1 aromatic heterocycles. The molecule has 1 aromatic rings. The standard InChI is InChI=1S/C8H10N2O4S.Ca/c1-4(7(12)13)15-3-5-2-6(11)10-8(14)9-5;/h2,4H,3H2,1H3,(H,12,13)(H2,9,10,11,14);/q;+2. The number of carboxylic acids is 1. The molecular weight excluding hydrogens is 260 g/mol. The van der Waals surface area contributed by atoms with Crippen molar-refractivity contribution in [2.75, 3.05) is 0 Å². The number of hydrogen-bond acceptors (Lipinski definition) is 4. The fourth-order valence-electron chi connectivity index (χ4n) is 0.883. The fourth-order valence-corrected chi connectivity index (χ4v) is 1.61. The second-order valence-electron chi connectivity index (χ2n) is 2.90. The summed E-state index contributed by atoms with van der Waals surface area (Å²) in [5.74, 6) is -0.640. The number of carboxylic acid groups (broad SMARTS) is 1. The topological polar surface area (TPSA) is 103 Å². The summed E-state index contributed by atoms with van der Waals surface area (Å²) in [6.07, 6.45) is 0. The second kappa shape index (κ2) is 7.16. The number of thioether (sulfide) groups is 1. The summed E-state index contributed by atoms with van der Waals surface area (Å²) in [6, 6.07) is 1.24. The zero-order chi connectivity index (χ0) is 11.4. The third kappa shape index (κ3) is 5.20. The number of hydrogen-bond donors (Lipinski definition) is 3. The molecule has 0 aliphatic rings. The van der Waals surface area contributed by atoms with Crippen molar-refractivity contribution in [2.24, 2.45) is 0 Å². The van der Waals surface area contributed by atoms with E-state index in [9.17, 15) is 14.4 Å². The Hall–Kier alpha value is -0.240. The predicted octanol–water partition coefficient (Wildman–Crippen LogP) is -0.611. The first-order valence-corrected chi connectivity index (χ1v) is 5.21. The van der Waals surface area contributed by atoms with Gasteiger partial charge in [-0.2, -0.15) is 0 Å². The van der Waals surface area contributed by atoms with Gasteiger partial charge in [-0.1, -0.05) is 0 Å². The molecule has 6 nitrogen and oxygen atoms in total. The Labute approximate surface area is 125 Å². The monoisotopic (exact) mass is 270 g/mol. The first kappa shape index (κ1) is 15.8. The van der Waals surface area contributed by atoms with E-state index < -0.39 is 22.5 Å². The Kier molecular flexibility index (Phi) is 7.05. The fraction of sp³-hybridized carbons (Fsp3) is 0.375. The van der Waals surface area contributed by atoms with Crippen molar-refractivity contribution in [1.82, 2.24) is 9.97 Å². The van der Waals surface area contributed by atoms with Crippen molar-refractivity contribution in [1.29, 1.82) is 0 Å². The number of H-pyrrole nitrogens is 2. The van der Waals surface area contributed by atoms with Crippen molar-refractivity contribution >= 4 is 55.5 Å². The number of carbonyl (C=O) groups is 1. The van der Waals surface area contributed by atoms with Gasteiger partial charge in [-0.25, -0.2) is 4.79 Å². The van der Waals surface area contributed by atoms with Gasteiger partial charge in [0.2, 0.25) is 0 Å². The van der Waals surface area contributed by atoms with E-state index in [1.165, 1.54) is 13.0 Å². The molecule has 1 heterocycles. The molecule has 0 fully saturated rings. The van der Waals surface area contributed by atoms with Crippen LogP contribution in [0.2, 0.25) is 0 Å². The van der Waals surface area contributed by atoms with Crippen LogP contribution in [0.15, 0.2) is 15.7 Å². The Bertz CT molecular complexity index is 441. The Morgan fingerprint density at radius 2 is 2.12 bits per heavy atom. The first-order valence-electron chi connectivity index (χ1n) is 4.16. The molecular formula is C8H10CaN2O4S+2. The zero-order valence-electron chi connectivity index (χ0n) is 8.65. The van der Waals surface area contributed by atoms with Crippen LogP contribution in [0.25, 0.3) is 0 Å². The maximum atomic E-state index is 10.9. The van der Waals surface area contributed by atoms with E-state index in [0.29, 0.717) is 5.69 Å². The van der Waals surface area contributed by atoms with Crippen molar-refractivity contribution in [3.05, 3.63) is 32.6 Å². The van der Waals surface area contributed by atoms with Crippen LogP contribution in [0.1, 0.15) is 12.6 Å². The molecule has 3 N–H and O–H groups in total. The molecule has 82 valence electrons. The third-order valence-corrected chi connectivity index (χ3v) is 2.83. The maximum Gasteiger partial charge on any atom is 2.00 e. The second-order valence-corrected chi connectivity index (χ2v) is 4.23. The van der Waals surface area contributed by atoms with E-state index in [0.717, 1.165) is 11.8 Å². The number of nitrogens with one attached hydrogen (secondary N) is 2. The van der Waals surface area contributed by atoms with Gasteiger partial charge in [0.25, 0.3) is 5.56 Å². The molecule has 0 bridgehead atoms. The maximum absolute atomic E-state index is 10.9.